The summed E-state index contributed by atoms with van der Waals surface area (Å²) in [5, 5.41) is 3.87. The van der Waals surface area contributed by atoms with Gasteiger partial charge >= 0.3 is 0 Å². The lowest BCUT2D eigenvalue weighted by atomic mass is 9.98. The molecule has 2 N–H and O–H groups in total. The second-order valence-corrected chi connectivity index (χ2v) is 4.94. The quantitative estimate of drug-likeness (QED) is 0.824. The van der Waals surface area contributed by atoms with Crippen LogP contribution in [0.2, 0.25) is 0 Å². The summed E-state index contributed by atoms with van der Waals surface area (Å²) in [6.07, 6.45) is 2.17. The Morgan fingerprint density at radius 1 is 1.69 bits per heavy atom. The minimum Gasteiger partial charge on any atom is -0.338 e. The van der Waals surface area contributed by atoms with Crippen molar-refractivity contribution in [2.75, 3.05) is 19.6 Å². The fourth-order valence-electron chi connectivity index (χ4n) is 2.01. The number of aryl methyl sites for hydroxylation is 1. The van der Waals surface area contributed by atoms with Gasteiger partial charge in [-0.2, -0.15) is 0 Å². The molecule has 2 heterocycles. The molecule has 88 valence electrons. The van der Waals surface area contributed by atoms with E-state index in [4.69, 9.17) is 5.73 Å². The van der Waals surface area contributed by atoms with Gasteiger partial charge in [0.05, 0.1) is 5.69 Å². The number of likely N-dealkylation sites (tertiary alicyclic amines) is 1. The van der Waals surface area contributed by atoms with Crippen molar-refractivity contribution in [1.82, 2.24) is 14.5 Å². The average Bonchev–Trinajstić information content (AvgIpc) is 2.74. The van der Waals surface area contributed by atoms with Crippen LogP contribution in [0.25, 0.3) is 0 Å². The van der Waals surface area contributed by atoms with Gasteiger partial charge in [-0.1, -0.05) is 4.49 Å². The highest BCUT2D eigenvalue weighted by molar-refractivity contribution is 7.07. The Hall–Kier alpha value is -1.01. The van der Waals surface area contributed by atoms with Crippen molar-refractivity contribution in [2.45, 2.75) is 19.8 Å². The van der Waals surface area contributed by atoms with Crippen LogP contribution in [0.1, 0.15) is 28.2 Å². The summed E-state index contributed by atoms with van der Waals surface area (Å²) >= 11 is 1.18. The first-order valence-corrected chi connectivity index (χ1v) is 6.28. The highest BCUT2D eigenvalue weighted by Gasteiger charge is 2.25. The molecule has 1 aliphatic rings. The topological polar surface area (TPSA) is 72.1 Å². The predicted octanol–water partition coefficient (Wildman–Crippen LogP) is 0.657. The maximum absolute atomic E-state index is 12.2. The van der Waals surface area contributed by atoms with Gasteiger partial charge in [0.1, 0.15) is 4.88 Å². The zero-order valence-electron chi connectivity index (χ0n) is 9.35. The van der Waals surface area contributed by atoms with Crippen LogP contribution in [0.15, 0.2) is 0 Å². The molecule has 1 aromatic rings. The first-order valence-electron chi connectivity index (χ1n) is 5.50. The van der Waals surface area contributed by atoms with Crippen LogP contribution < -0.4 is 5.73 Å². The van der Waals surface area contributed by atoms with Gasteiger partial charge in [0.15, 0.2) is 0 Å². The molecule has 2 rings (SSSR count). The molecule has 1 atom stereocenters. The zero-order chi connectivity index (χ0) is 11.5. The molecule has 0 radical (unpaired) electrons. The van der Waals surface area contributed by atoms with E-state index in [9.17, 15) is 4.79 Å². The van der Waals surface area contributed by atoms with Crippen LogP contribution >= 0.6 is 11.5 Å². The number of rotatable bonds is 2. The average molecular weight is 240 g/mol. The molecule has 1 fully saturated rings. The van der Waals surface area contributed by atoms with Crippen molar-refractivity contribution in [3.63, 3.8) is 0 Å². The van der Waals surface area contributed by atoms with Crippen LogP contribution in [0, 0.1) is 12.8 Å². The number of piperidine rings is 1. The van der Waals surface area contributed by atoms with Crippen molar-refractivity contribution in [3.8, 4) is 0 Å². The summed E-state index contributed by atoms with van der Waals surface area (Å²) in [6, 6.07) is 0. The van der Waals surface area contributed by atoms with Crippen molar-refractivity contribution in [1.29, 1.82) is 0 Å². The van der Waals surface area contributed by atoms with E-state index in [0.717, 1.165) is 31.6 Å². The van der Waals surface area contributed by atoms with Gasteiger partial charge in [0, 0.05) is 13.1 Å². The molecule has 0 bridgehead atoms. The van der Waals surface area contributed by atoms with E-state index in [1.54, 1.807) is 0 Å². The van der Waals surface area contributed by atoms with E-state index >= 15 is 0 Å². The first kappa shape index (κ1) is 11.5. The minimum absolute atomic E-state index is 0.0608. The van der Waals surface area contributed by atoms with Crippen molar-refractivity contribution >= 4 is 17.4 Å². The second kappa shape index (κ2) is 4.88. The highest BCUT2D eigenvalue weighted by Crippen LogP contribution is 2.19. The van der Waals surface area contributed by atoms with Gasteiger partial charge in [0.2, 0.25) is 0 Å². The van der Waals surface area contributed by atoms with Gasteiger partial charge < -0.3 is 10.6 Å². The summed E-state index contributed by atoms with van der Waals surface area (Å²) in [6.45, 7) is 4.07. The molecule has 0 aromatic carbocycles. The van der Waals surface area contributed by atoms with Crippen LogP contribution in [0.5, 0.6) is 0 Å². The van der Waals surface area contributed by atoms with Crippen molar-refractivity contribution < 1.29 is 4.79 Å². The molecule has 1 amide bonds. The number of hydrogen-bond acceptors (Lipinski definition) is 5. The Morgan fingerprint density at radius 2 is 2.50 bits per heavy atom. The van der Waals surface area contributed by atoms with Crippen LogP contribution in [0.3, 0.4) is 0 Å². The third-order valence-corrected chi connectivity index (χ3v) is 3.80. The largest absolute Gasteiger partial charge is 0.338 e. The summed E-state index contributed by atoms with van der Waals surface area (Å²) in [4.78, 5) is 14.7. The molecule has 0 aliphatic carbocycles. The monoisotopic (exact) mass is 240 g/mol. The molecule has 1 aromatic heterocycles. The Bertz CT molecular complexity index is 379. The van der Waals surface area contributed by atoms with E-state index in [1.165, 1.54) is 11.5 Å². The summed E-state index contributed by atoms with van der Waals surface area (Å²) in [5.74, 6) is 0.504. The molecule has 0 spiro atoms. The van der Waals surface area contributed by atoms with Gasteiger partial charge in [0.25, 0.3) is 5.91 Å². The molecule has 0 unspecified atom stereocenters. The minimum atomic E-state index is 0.0608. The number of carbonyl (C=O) groups excluding carboxylic acids is 1. The molecule has 1 saturated heterocycles. The van der Waals surface area contributed by atoms with Crippen molar-refractivity contribution in [3.05, 3.63) is 10.6 Å². The number of nitrogens with two attached hydrogens (primary N) is 1. The van der Waals surface area contributed by atoms with Crippen LogP contribution in [-0.2, 0) is 0 Å². The Morgan fingerprint density at radius 3 is 3.12 bits per heavy atom. The summed E-state index contributed by atoms with van der Waals surface area (Å²) < 4.78 is 3.80. The van der Waals surface area contributed by atoms with E-state index in [-0.39, 0.29) is 5.91 Å². The van der Waals surface area contributed by atoms with Gasteiger partial charge in [-0.05, 0) is 43.8 Å². The van der Waals surface area contributed by atoms with Gasteiger partial charge in [-0.3, -0.25) is 4.79 Å². The fraction of sp³-hybridized carbons (Fsp3) is 0.700. The van der Waals surface area contributed by atoms with Crippen LogP contribution in [-0.4, -0.2) is 40.0 Å². The predicted molar refractivity (Wildman–Crippen MR) is 62.3 cm³/mol. The van der Waals surface area contributed by atoms with E-state index in [2.05, 4.69) is 9.59 Å². The Labute approximate surface area is 98.8 Å². The second-order valence-electron chi connectivity index (χ2n) is 4.18. The molecule has 6 heteroatoms. The number of carbonyl (C=O) groups is 1. The van der Waals surface area contributed by atoms with E-state index in [0.29, 0.717) is 17.3 Å². The zero-order valence-corrected chi connectivity index (χ0v) is 10.2. The number of nitrogens with zero attached hydrogens (tertiary/aromatic N) is 3. The Kier molecular flexibility index (Phi) is 3.50. The summed E-state index contributed by atoms with van der Waals surface area (Å²) in [7, 11) is 0. The lowest BCUT2D eigenvalue weighted by Crippen LogP contribution is -2.42. The van der Waals surface area contributed by atoms with Crippen LogP contribution in [0.4, 0.5) is 0 Å². The maximum Gasteiger partial charge on any atom is 0.267 e. The standard InChI is InChI=1S/C10H16N4OS/c1-7-9(16-13-12-7)10(15)14-4-2-3-8(5-11)6-14/h8H,2-6,11H2,1H3/t8-/m0/s1. The highest BCUT2D eigenvalue weighted by atomic mass is 32.1. The third-order valence-electron chi connectivity index (χ3n) is 2.99. The third kappa shape index (κ3) is 2.22. The smallest absolute Gasteiger partial charge is 0.267 e. The van der Waals surface area contributed by atoms with Gasteiger partial charge in [-0.15, -0.1) is 5.10 Å². The van der Waals surface area contributed by atoms with Crippen molar-refractivity contribution in [2.24, 2.45) is 11.7 Å². The molecule has 5 nitrogen and oxygen atoms in total. The number of hydrogen-bond donors (Lipinski definition) is 1. The Balaban J connectivity index is 2.07. The molecule has 0 saturated carbocycles. The first-order chi connectivity index (χ1) is 7.72. The molecule has 16 heavy (non-hydrogen) atoms. The molecular weight excluding hydrogens is 224 g/mol. The molecular formula is C10H16N4OS. The van der Waals surface area contributed by atoms with Gasteiger partial charge in [-0.25, -0.2) is 0 Å². The lowest BCUT2D eigenvalue weighted by Gasteiger charge is -2.31. The summed E-state index contributed by atoms with van der Waals surface area (Å²) in [5.41, 5.74) is 6.38. The lowest BCUT2D eigenvalue weighted by molar-refractivity contribution is 0.0682. The normalized spacial score (nSPS) is 21.1. The van der Waals surface area contributed by atoms with E-state index in [1.807, 2.05) is 11.8 Å². The number of aromatic nitrogens is 2. The maximum atomic E-state index is 12.2. The fourth-order valence-corrected chi connectivity index (χ4v) is 2.64. The number of amides is 1. The van der Waals surface area contributed by atoms with E-state index < -0.39 is 0 Å². The SMILES string of the molecule is Cc1nnsc1C(=O)N1CCC[C@@H](CN)C1. The molecule has 1 aliphatic heterocycles.